The summed E-state index contributed by atoms with van der Waals surface area (Å²) in [6.45, 7) is 3.95. The Morgan fingerprint density at radius 1 is 1.05 bits per heavy atom. The third-order valence-corrected chi connectivity index (χ3v) is 3.54. The van der Waals surface area contributed by atoms with Crippen LogP contribution in [-0.4, -0.2) is 33.0 Å². The maximum absolute atomic E-state index is 6.05. The monoisotopic (exact) mass is 289 g/mol. The first-order valence-electron chi connectivity index (χ1n) is 6.81. The Labute approximate surface area is 123 Å². The standard InChI is InChI=1S/C14H16ClN5/c1-10-7-11(9-16-8-10)12-17-13(15)19-14(18-12)20-5-3-2-4-6-20/h7-9H,2-6H2,1H3. The summed E-state index contributed by atoms with van der Waals surface area (Å²) in [6, 6.07) is 2.00. The highest BCUT2D eigenvalue weighted by molar-refractivity contribution is 6.28. The second-order valence-electron chi connectivity index (χ2n) is 5.03. The highest BCUT2D eigenvalue weighted by Crippen LogP contribution is 2.21. The zero-order chi connectivity index (χ0) is 13.9. The number of piperidine rings is 1. The highest BCUT2D eigenvalue weighted by atomic mass is 35.5. The molecule has 6 heteroatoms. The SMILES string of the molecule is Cc1cncc(-c2nc(Cl)nc(N3CCCCC3)n2)c1. The van der Waals surface area contributed by atoms with E-state index in [2.05, 4.69) is 24.8 Å². The second-order valence-corrected chi connectivity index (χ2v) is 5.36. The maximum atomic E-state index is 6.05. The minimum absolute atomic E-state index is 0.233. The molecule has 1 fully saturated rings. The van der Waals surface area contributed by atoms with Crippen LogP contribution in [0.1, 0.15) is 24.8 Å². The lowest BCUT2D eigenvalue weighted by Crippen LogP contribution is -2.31. The summed E-state index contributed by atoms with van der Waals surface area (Å²) in [5, 5.41) is 0.233. The number of rotatable bonds is 2. The van der Waals surface area contributed by atoms with Gasteiger partial charge in [0.2, 0.25) is 11.2 Å². The average Bonchev–Trinajstić information content (AvgIpc) is 2.47. The van der Waals surface area contributed by atoms with E-state index in [9.17, 15) is 0 Å². The van der Waals surface area contributed by atoms with Crippen LogP contribution in [0.4, 0.5) is 5.95 Å². The first-order valence-corrected chi connectivity index (χ1v) is 7.19. The van der Waals surface area contributed by atoms with Crippen LogP contribution in [0.25, 0.3) is 11.4 Å². The van der Waals surface area contributed by atoms with Gasteiger partial charge in [0.1, 0.15) is 0 Å². The minimum atomic E-state index is 0.233. The predicted octanol–water partition coefficient (Wildman–Crippen LogP) is 2.89. The van der Waals surface area contributed by atoms with Gasteiger partial charge in [0, 0.05) is 31.0 Å². The summed E-state index contributed by atoms with van der Waals surface area (Å²) in [5.74, 6) is 1.25. The van der Waals surface area contributed by atoms with Crippen molar-refractivity contribution in [1.82, 2.24) is 19.9 Å². The van der Waals surface area contributed by atoms with Gasteiger partial charge in [-0.15, -0.1) is 0 Å². The number of aromatic nitrogens is 4. The van der Waals surface area contributed by atoms with Gasteiger partial charge in [-0.25, -0.2) is 0 Å². The molecule has 0 radical (unpaired) electrons. The van der Waals surface area contributed by atoms with E-state index in [1.54, 1.807) is 12.4 Å². The molecule has 1 saturated heterocycles. The molecule has 0 atom stereocenters. The van der Waals surface area contributed by atoms with Crippen molar-refractivity contribution in [3.05, 3.63) is 29.3 Å². The van der Waals surface area contributed by atoms with Crippen molar-refractivity contribution in [2.24, 2.45) is 0 Å². The zero-order valence-electron chi connectivity index (χ0n) is 11.4. The van der Waals surface area contributed by atoms with Gasteiger partial charge < -0.3 is 4.90 Å². The minimum Gasteiger partial charge on any atom is -0.341 e. The van der Waals surface area contributed by atoms with Gasteiger partial charge in [-0.1, -0.05) is 0 Å². The quantitative estimate of drug-likeness (QED) is 0.851. The Bertz CT molecular complexity index is 610. The summed E-state index contributed by atoms with van der Waals surface area (Å²) >= 11 is 6.05. The third kappa shape index (κ3) is 2.88. The number of hydrogen-bond acceptors (Lipinski definition) is 5. The Hall–Kier alpha value is -1.75. The summed E-state index contributed by atoms with van der Waals surface area (Å²) in [6.07, 6.45) is 7.16. The molecule has 5 nitrogen and oxygen atoms in total. The summed E-state index contributed by atoms with van der Waals surface area (Å²) in [7, 11) is 0. The molecule has 0 aliphatic carbocycles. The lowest BCUT2D eigenvalue weighted by molar-refractivity contribution is 0.567. The number of anilines is 1. The van der Waals surface area contributed by atoms with E-state index in [1.165, 1.54) is 19.3 Å². The van der Waals surface area contributed by atoms with Crippen LogP contribution in [0.15, 0.2) is 18.5 Å². The topological polar surface area (TPSA) is 54.8 Å². The van der Waals surface area contributed by atoms with Gasteiger partial charge in [-0.3, -0.25) is 4.98 Å². The van der Waals surface area contributed by atoms with Crippen molar-refractivity contribution in [1.29, 1.82) is 0 Å². The number of nitrogens with zero attached hydrogens (tertiary/aromatic N) is 5. The zero-order valence-corrected chi connectivity index (χ0v) is 12.1. The van der Waals surface area contributed by atoms with Crippen molar-refractivity contribution >= 4 is 17.5 Å². The fraction of sp³-hybridized carbons (Fsp3) is 0.429. The Balaban J connectivity index is 1.97. The first-order chi connectivity index (χ1) is 9.72. The highest BCUT2D eigenvalue weighted by Gasteiger charge is 2.16. The van der Waals surface area contributed by atoms with Crippen LogP contribution in [0.3, 0.4) is 0 Å². The number of pyridine rings is 1. The molecule has 2 aromatic rings. The molecular formula is C14H16ClN5. The van der Waals surface area contributed by atoms with Gasteiger partial charge in [0.05, 0.1) is 0 Å². The van der Waals surface area contributed by atoms with Crippen molar-refractivity contribution in [3.63, 3.8) is 0 Å². The van der Waals surface area contributed by atoms with Crippen LogP contribution < -0.4 is 4.90 Å². The van der Waals surface area contributed by atoms with Gasteiger partial charge in [-0.2, -0.15) is 15.0 Å². The molecule has 2 aromatic heterocycles. The molecule has 0 aromatic carbocycles. The van der Waals surface area contributed by atoms with Gasteiger partial charge in [0.15, 0.2) is 5.82 Å². The first kappa shape index (κ1) is 13.2. The van der Waals surface area contributed by atoms with Crippen molar-refractivity contribution < 1.29 is 0 Å². The van der Waals surface area contributed by atoms with E-state index in [1.807, 2.05) is 13.0 Å². The molecule has 3 rings (SSSR count). The molecule has 104 valence electrons. The summed E-state index contributed by atoms with van der Waals surface area (Å²) < 4.78 is 0. The molecule has 0 N–H and O–H groups in total. The smallest absolute Gasteiger partial charge is 0.230 e. The van der Waals surface area contributed by atoms with E-state index in [4.69, 9.17) is 11.6 Å². The maximum Gasteiger partial charge on any atom is 0.230 e. The molecule has 0 spiro atoms. The van der Waals surface area contributed by atoms with E-state index in [-0.39, 0.29) is 5.28 Å². The summed E-state index contributed by atoms with van der Waals surface area (Å²) in [5.41, 5.74) is 1.94. The lowest BCUT2D eigenvalue weighted by Gasteiger charge is -2.26. The molecule has 0 saturated carbocycles. The Kier molecular flexibility index (Phi) is 3.78. The van der Waals surface area contributed by atoms with Crippen LogP contribution >= 0.6 is 11.6 Å². The molecule has 20 heavy (non-hydrogen) atoms. The third-order valence-electron chi connectivity index (χ3n) is 3.37. The van der Waals surface area contributed by atoms with Gasteiger partial charge in [-0.05, 0) is 49.4 Å². The van der Waals surface area contributed by atoms with E-state index < -0.39 is 0 Å². The summed E-state index contributed by atoms with van der Waals surface area (Å²) in [4.78, 5) is 19.4. The fourth-order valence-electron chi connectivity index (χ4n) is 2.38. The Morgan fingerprint density at radius 2 is 1.85 bits per heavy atom. The van der Waals surface area contributed by atoms with E-state index >= 15 is 0 Å². The van der Waals surface area contributed by atoms with E-state index in [0.717, 1.165) is 24.2 Å². The average molecular weight is 290 g/mol. The predicted molar refractivity (Wildman–Crippen MR) is 78.9 cm³/mol. The van der Waals surface area contributed by atoms with Crippen LogP contribution in [-0.2, 0) is 0 Å². The van der Waals surface area contributed by atoms with Crippen molar-refractivity contribution in [3.8, 4) is 11.4 Å². The molecule has 3 heterocycles. The van der Waals surface area contributed by atoms with Gasteiger partial charge in [0.25, 0.3) is 0 Å². The Morgan fingerprint density at radius 3 is 2.60 bits per heavy atom. The van der Waals surface area contributed by atoms with Crippen molar-refractivity contribution in [2.75, 3.05) is 18.0 Å². The lowest BCUT2D eigenvalue weighted by atomic mass is 10.1. The molecule has 1 aliphatic rings. The molecule has 1 aliphatic heterocycles. The van der Waals surface area contributed by atoms with Gasteiger partial charge >= 0.3 is 0 Å². The van der Waals surface area contributed by atoms with Crippen LogP contribution in [0.2, 0.25) is 5.28 Å². The molecule has 0 bridgehead atoms. The van der Waals surface area contributed by atoms with E-state index in [0.29, 0.717) is 11.8 Å². The fourth-order valence-corrected chi connectivity index (χ4v) is 2.54. The van der Waals surface area contributed by atoms with Crippen LogP contribution in [0, 0.1) is 6.92 Å². The number of aryl methyl sites for hydroxylation is 1. The molecule has 0 unspecified atom stereocenters. The number of hydrogen-bond donors (Lipinski definition) is 0. The largest absolute Gasteiger partial charge is 0.341 e. The number of halogens is 1. The molecule has 0 amide bonds. The van der Waals surface area contributed by atoms with Crippen LogP contribution in [0.5, 0.6) is 0 Å². The van der Waals surface area contributed by atoms with Crippen molar-refractivity contribution in [2.45, 2.75) is 26.2 Å². The second kappa shape index (κ2) is 5.71. The molecular weight excluding hydrogens is 274 g/mol. The normalized spacial score (nSPS) is 15.4.